The van der Waals surface area contributed by atoms with Gasteiger partial charge in [-0.2, -0.15) is 0 Å². The highest BCUT2D eigenvalue weighted by atomic mass is 16.5. The minimum absolute atomic E-state index is 0.000303. The Morgan fingerprint density at radius 1 is 0.521 bits per heavy atom. The van der Waals surface area contributed by atoms with Crippen LogP contribution in [0.4, 0.5) is 0 Å². The van der Waals surface area contributed by atoms with Crippen LogP contribution in [0.5, 0.6) is 0 Å². The van der Waals surface area contributed by atoms with Gasteiger partial charge in [-0.15, -0.1) is 25.5 Å². The summed E-state index contributed by atoms with van der Waals surface area (Å²) in [6.45, 7) is 16.6. The molecule has 0 saturated carbocycles. The lowest BCUT2D eigenvalue weighted by molar-refractivity contribution is -0.122. The summed E-state index contributed by atoms with van der Waals surface area (Å²) in [5, 5.41) is 8.19. The SMILES string of the molecule is C#CCCC(=O)NCCOCCOCCNC(=O)CCC=C.C=CCCC(=O)NCCOCCOCCN.NCCOCCOCCN. The lowest BCUT2D eigenvalue weighted by Crippen LogP contribution is -2.28. The second-order valence-electron chi connectivity index (χ2n) is 9.45. The molecule has 0 bridgehead atoms. The second kappa shape index (κ2) is 46.2. The topological polar surface area (TPSA) is 221 Å². The number of rotatable bonds is 32. The Balaban J connectivity index is -0.000000681. The number of nitrogens with one attached hydrogen (secondary N) is 3. The molecule has 15 nitrogen and oxygen atoms in total. The van der Waals surface area contributed by atoms with Crippen molar-refractivity contribution in [2.24, 2.45) is 17.2 Å². The molecule has 0 aliphatic carbocycles. The fraction of sp³-hybridized carbons (Fsp3) is 0.727. The maximum Gasteiger partial charge on any atom is 0.221 e. The first-order valence-electron chi connectivity index (χ1n) is 16.4. The first-order valence-corrected chi connectivity index (χ1v) is 16.4. The summed E-state index contributed by atoms with van der Waals surface area (Å²) in [5.74, 6) is 2.38. The third-order valence-electron chi connectivity index (χ3n) is 5.26. The number of hydrogen-bond donors (Lipinski definition) is 6. The van der Waals surface area contributed by atoms with Crippen LogP contribution >= 0.6 is 0 Å². The van der Waals surface area contributed by atoms with Crippen LogP contribution in [-0.2, 0) is 42.8 Å². The van der Waals surface area contributed by atoms with Crippen LogP contribution in [0, 0.1) is 12.3 Å². The van der Waals surface area contributed by atoms with Crippen molar-refractivity contribution < 1.29 is 42.8 Å². The van der Waals surface area contributed by atoms with Gasteiger partial charge in [0.1, 0.15) is 0 Å². The van der Waals surface area contributed by atoms with E-state index in [4.69, 9.17) is 52.0 Å². The molecule has 3 amide bonds. The van der Waals surface area contributed by atoms with Gasteiger partial charge < -0.3 is 61.6 Å². The Kier molecular flexibility index (Phi) is 47.6. The van der Waals surface area contributed by atoms with Crippen molar-refractivity contribution in [3.63, 3.8) is 0 Å². The quantitative estimate of drug-likeness (QED) is 0.0303. The third kappa shape index (κ3) is 50.0. The van der Waals surface area contributed by atoms with Crippen LogP contribution in [-0.4, -0.2) is 136 Å². The summed E-state index contributed by atoms with van der Waals surface area (Å²) in [6, 6.07) is 0. The maximum atomic E-state index is 11.2. The zero-order valence-electron chi connectivity index (χ0n) is 29.0. The van der Waals surface area contributed by atoms with Crippen LogP contribution in [0.25, 0.3) is 0 Å². The molecule has 0 aromatic heterocycles. The van der Waals surface area contributed by atoms with Gasteiger partial charge in [-0.05, 0) is 12.8 Å². The molecule has 0 radical (unpaired) electrons. The number of terminal acetylenes is 1. The van der Waals surface area contributed by atoms with Gasteiger partial charge in [0.2, 0.25) is 17.7 Å². The molecular formula is C33H64N6O9. The Labute approximate surface area is 288 Å². The Hall–Kier alpha value is -2.91. The number of carbonyl (C=O) groups excluding carboxylic acids is 3. The van der Waals surface area contributed by atoms with Crippen LogP contribution in [0.15, 0.2) is 25.3 Å². The van der Waals surface area contributed by atoms with Crippen LogP contribution in [0.2, 0.25) is 0 Å². The van der Waals surface area contributed by atoms with Gasteiger partial charge in [0.05, 0.1) is 79.3 Å². The van der Waals surface area contributed by atoms with Crippen molar-refractivity contribution in [1.29, 1.82) is 0 Å². The van der Waals surface area contributed by atoms with E-state index in [0.717, 1.165) is 0 Å². The van der Waals surface area contributed by atoms with Crippen LogP contribution in [0.3, 0.4) is 0 Å². The highest BCUT2D eigenvalue weighted by molar-refractivity contribution is 5.76. The number of amides is 3. The van der Waals surface area contributed by atoms with E-state index in [1.807, 2.05) is 0 Å². The van der Waals surface area contributed by atoms with E-state index in [-0.39, 0.29) is 17.7 Å². The van der Waals surface area contributed by atoms with Crippen molar-refractivity contribution in [3.8, 4) is 12.3 Å². The van der Waals surface area contributed by atoms with Crippen LogP contribution in [0.1, 0.15) is 38.5 Å². The molecule has 0 fully saturated rings. The monoisotopic (exact) mass is 688 g/mol. The van der Waals surface area contributed by atoms with Gasteiger partial charge in [-0.3, -0.25) is 14.4 Å². The standard InChI is InChI=1S/C16H26N2O4.C11H22N2O3.C6H16N2O2/c1-3-5-7-15(19)17-9-11-21-13-14-22-12-10-18-16(20)8-6-4-2;1-2-3-4-11(14)13-6-8-16-10-9-15-7-5-12;7-1-3-9-5-6-10-4-2-8/h1,4H,2,5-14H2,(H,17,19)(H,18,20);2H,1,3-10,12H2,(H,13,14);1-8H2. The summed E-state index contributed by atoms with van der Waals surface area (Å²) < 4.78 is 31.0. The van der Waals surface area contributed by atoms with E-state index < -0.39 is 0 Å². The van der Waals surface area contributed by atoms with Gasteiger partial charge in [0.25, 0.3) is 0 Å². The molecule has 0 atom stereocenters. The molecule has 0 rings (SSSR count). The van der Waals surface area contributed by atoms with Crippen molar-refractivity contribution in [3.05, 3.63) is 25.3 Å². The van der Waals surface area contributed by atoms with E-state index in [9.17, 15) is 14.4 Å². The lowest BCUT2D eigenvalue weighted by Gasteiger charge is -2.07. The molecule has 0 heterocycles. The molecule has 0 saturated heterocycles. The predicted molar refractivity (Wildman–Crippen MR) is 188 cm³/mol. The molecule has 9 N–H and O–H groups in total. The highest BCUT2D eigenvalue weighted by Gasteiger charge is 2.00. The molecule has 0 aromatic rings. The van der Waals surface area contributed by atoms with Gasteiger partial charge in [0, 0.05) is 65.0 Å². The van der Waals surface area contributed by atoms with Crippen molar-refractivity contribution in [1.82, 2.24) is 16.0 Å². The number of carbonyl (C=O) groups is 3. The van der Waals surface area contributed by atoms with Gasteiger partial charge >= 0.3 is 0 Å². The van der Waals surface area contributed by atoms with E-state index in [2.05, 4.69) is 35.0 Å². The molecule has 280 valence electrons. The van der Waals surface area contributed by atoms with Gasteiger partial charge in [-0.1, -0.05) is 12.2 Å². The highest BCUT2D eigenvalue weighted by Crippen LogP contribution is 1.89. The molecule has 0 aliphatic heterocycles. The summed E-state index contributed by atoms with van der Waals surface area (Å²) in [7, 11) is 0. The predicted octanol–water partition coefficient (Wildman–Crippen LogP) is -0.371. The lowest BCUT2D eigenvalue weighted by atomic mass is 10.3. The van der Waals surface area contributed by atoms with Gasteiger partial charge in [-0.25, -0.2) is 0 Å². The number of ether oxygens (including phenoxy) is 6. The number of hydrogen-bond acceptors (Lipinski definition) is 12. The van der Waals surface area contributed by atoms with Crippen molar-refractivity contribution in [2.75, 3.05) is 119 Å². The Morgan fingerprint density at radius 2 is 0.812 bits per heavy atom. The molecule has 15 heteroatoms. The molecule has 0 unspecified atom stereocenters. The third-order valence-corrected chi connectivity index (χ3v) is 5.26. The first kappa shape index (κ1) is 49.5. The van der Waals surface area contributed by atoms with E-state index >= 15 is 0 Å². The van der Waals surface area contributed by atoms with E-state index in [0.29, 0.717) is 157 Å². The fourth-order valence-electron chi connectivity index (χ4n) is 2.92. The average molecular weight is 689 g/mol. The summed E-state index contributed by atoms with van der Waals surface area (Å²) in [5.41, 5.74) is 15.6. The minimum Gasteiger partial charge on any atom is -0.378 e. The zero-order chi connectivity index (χ0) is 36.2. The van der Waals surface area contributed by atoms with Crippen molar-refractivity contribution in [2.45, 2.75) is 38.5 Å². The second-order valence-corrected chi connectivity index (χ2v) is 9.45. The molecule has 0 aliphatic rings. The van der Waals surface area contributed by atoms with Gasteiger partial charge in [0.15, 0.2) is 0 Å². The Morgan fingerprint density at radius 3 is 1.08 bits per heavy atom. The molecule has 0 spiro atoms. The smallest absolute Gasteiger partial charge is 0.221 e. The summed E-state index contributed by atoms with van der Waals surface area (Å²) >= 11 is 0. The molecular weight excluding hydrogens is 624 g/mol. The first-order chi connectivity index (χ1) is 23.4. The largest absolute Gasteiger partial charge is 0.378 e. The number of nitrogens with two attached hydrogens (primary N) is 3. The minimum atomic E-state index is -0.0648. The van der Waals surface area contributed by atoms with E-state index in [1.54, 1.807) is 12.2 Å². The average Bonchev–Trinajstić information content (AvgIpc) is 3.09. The number of allylic oxidation sites excluding steroid dienone is 2. The maximum absolute atomic E-state index is 11.2. The normalized spacial score (nSPS) is 9.96. The van der Waals surface area contributed by atoms with Crippen LogP contribution < -0.4 is 33.2 Å². The summed E-state index contributed by atoms with van der Waals surface area (Å²) in [6.07, 6.45) is 11.6. The summed E-state index contributed by atoms with van der Waals surface area (Å²) in [4.78, 5) is 33.6. The zero-order valence-corrected chi connectivity index (χ0v) is 29.0. The fourth-order valence-corrected chi connectivity index (χ4v) is 2.92. The molecule has 0 aromatic carbocycles. The van der Waals surface area contributed by atoms with Crippen molar-refractivity contribution >= 4 is 17.7 Å². The Bertz CT molecular complexity index is 777. The molecule has 48 heavy (non-hydrogen) atoms. The van der Waals surface area contributed by atoms with E-state index in [1.165, 1.54) is 0 Å².